The van der Waals surface area contributed by atoms with Gasteiger partial charge in [0.1, 0.15) is 29.5 Å². The molecule has 3 saturated carbocycles. The Balaban J connectivity index is 1.28. The summed E-state index contributed by atoms with van der Waals surface area (Å²) >= 11 is 0. The van der Waals surface area contributed by atoms with Crippen molar-refractivity contribution in [3.05, 3.63) is 43.1 Å². The Labute approximate surface area is 293 Å². The quantitative estimate of drug-likeness (QED) is 0.280. The predicted octanol–water partition coefficient (Wildman–Crippen LogP) is 2.98. The number of carbonyl (C=O) groups excluding carboxylic acids is 4. The lowest BCUT2D eigenvalue weighted by Crippen LogP contribution is -2.60. The summed E-state index contributed by atoms with van der Waals surface area (Å²) in [6.07, 6.45) is 7.06. The number of pyridine rings is 1. The van der Waals surface area contributed by atoms with Gasteiger partial charge in [-0.15, -0.1) is 6.58 Å². The van der Waals surface area contributed by atoms with Gasteiger partial charge in [0.15, 0.2) is 0 Å². The van der Waals surface area contributed by atoms with Gasteiger partial charge in [0, 0.05) is 29.8 Å². The molecule has 50 heavy (non-hydrogen) atoms. The molecule has 0 radical (unpaired) electrons. The zero-order valence-corrected chi connectivity index (χ0v) is 29.9. The molecule has 270 valence electrons. The van der Waals surface area contributed by atoms with Gasteiger partial charge >= 0.3 is 0 Å². The average molecular weight is 710 g/mol. The van der Waals surface area contributed by atoms with Gasteiger partial charge < -0.3 is 25.0 Å². The van der Waals surface area contributed by atoms with E-state index in [9.17, 15) is 27.6 Å². The van der Waals surface area contributed by atoms with Crippen LogP contribution in [-0.2, 0) is 29.2 Å². The maximum atomic E-state index is 14.5. The molecule has 2 aromatic rings. The molecule has 1 aromatic heterocycles. The number of amides is 4. The van der Waals surface area contributed by atoms with Crippen LogP contribution in [0.5, 0.6) is 11.6 Å². The Hall–Kier alpha value is -4.20. The molecule has 0 spiro atoms. The van der Waals surface area contributed by atoms with Crippen molar-refractivity contribution < 1.29 is 37.1 Å². The summed E-state index contributed by atoms with van der Waals surface area (Å²) in [4.78, 5) is 61.4. The van der Waals surface area contributed by atoms with Crippen molar-refractivity contribution in [3.8, 4) is 11.6 Å². The molecule has 4 aliphatic rings. The van der Waals surface area contributed by atoms with Crippen molar-refractivity contribution >= 4 is 44.4 Å². The van der Waals surface area contributed by atoms with Crippen LogP contribution in [0.4, 0.5) is 0 Å². The van der Waals surface area contributed by atoms with Crippen molar-refractivity contribution in [1.29, 1.82) is 0 Å². The van der Waals surface area contributed by atoms with Crippen LogP contribution in [0.1, 0.15) is 72.1 Å². The molecule has 5 atom stereocenters. The van der Waals surface area contributed by atoms with Crippen LogP contribution >= 0.6 is 0 Å². The first-order chi connectivity index (χ1) is 23.7. The molecular weight excluding hydrogens is 662 g/mol. The van der Waals surface area contributed by atoms with Crippen LogP contribution in [-0.4, -0.2) is 84.6 Å². The zero-order chi connectivity index (χ0) is 36.0. The number of carbonyl (C=O) groups is 4. The topological polar surface area (TPSA) is 173 Å². The second kappa shape index (κ2) is 13.5. The van der Waals surface area contributed by atoms with Crippen LogP contribution in [0.2, 0.25) is 0 Å². The Morgan fingerprint density at radius 3 is 2.42 bits per heavy atom. The smallest absolute Gasteiger partial charge is 0.259 e. The van der Waals surface area contributed by atoms with E-state index in [1.165, 1.54) is 11.0 Å². The average Bonchev–Trinajstić information content (AvgIpc) is 3.94. The summed E-state index contributed by atoms with van der Waals surface area (Å²) in [6.45, 7) is 9.36. The number of sulfonamides is 1. The van der Waals surface area contributed by atoms with Gasteiger partial charge in [-0.2, -0.15) is 0 Å². The predicted molar refractivity (Wildman–Crippen MR) is 185 cm³/mol. The van der Waals surface area contributed by atoms with E-state index in [1.54, 1.807) is 19.4 Å². The van der Waals surface area contributed by atoms with Gasteiger partial charge in [-0.1, -0.05) is 39.7 Å². The van der Waals surface area contributed by atoms with E-state index in [4.69, 9.17) is 9.47 Å². The Morgan fingerprint density at radius 2 is 1.80 bits per heavy atom. The molecule has 14 heteroatoms. The lowest BCUT2D eigenvalue weighted by molar-refractivity contribution is -0.145. The number of nitrogens with zero attached hydrogens (tertiary/aromatic N) is 2. The molecule has 6 rings (SSSR count). The molecule has 3 aliphatic carbocycles. The minimum absolute atomic E-state index is 0.0111. The van der Waals surface area contributed by atoms with Crippen molar-refractivity contribution in [2.24, 2.45) is 17.3 Å². The highest BCUT2D eigenvalue weighted by Crippen LogP contribution is 2.45. The van der Waals surface area contributed by atoms with Crippen molar-refractivity contribution in [3.63, 3.8) is 0 Å². The molecule has 1 aromatic carbocycles. The second-order valence-corrected chi connectivity index (χ2v) is 17.1. The van der Waals surface area contributed by atoms with E-state index >= 15 is 0 Å². The van der Waals surface area contributed by atoms with Crippen LogP contribution in [0, 0.1) is 17.3 Å². The fourth-order valence-electron chi connectivity index (χ4n) is 7.16. The maximum Gasteiger partial charge on any atom is 0.259 e. The minimum atomic E-state index is -3.88. The summed E-state index contributed by atoms with van der Waals surface area (Å²) < 4.78 is 39.3. The summed E-state index contributed by atoms with van der Waals surface area (Å²) in [5, 5.41) is 6.73. The highest BCUT2D eigenvalue weighted by Gasteiger charge is 2.62. The highest BCUT2D eigenvalue weighted by atomic mass is 32.2. The number of methoxy groups -OCH3 is 1. The Bertz CT molecular complexity index is 1800. The molecule has 13 nitrogen and oxygen atoms in total. The van der Waals surface area contributed by atoms with Crippen molar-refractivity contribution in [2.45, 2.75) is 101 Å². The van der Waals surface area contributed by atoms with Crippen molar-refractivity contribution in [2.75, 3.05) is 13.7 Å². The first-order valence-corrected chi connectivity index (χ1v) is 18.9. The largest absolute Gasteiger partial charge is 0.497 e. The van der Waals surface area contributed by atoms with Crippen LogP contribution < -0.4 is 24.8 Å². The number of rotatable bonds is 12. The molecule has 4 amide bonds. The molecule has 2 heterocycles. The Kier molecular flexibility index (Phi) is 9.61. The van der Waals surface area contributed by atoms with Gasteiger partial charge in [-0.3, -0.25) is 23.9 Å². The minimum Gasteiger partial charge on any atom is -0.497 e. The molecule has 1 saturated heterocycles. The van der Waals surface area contributed by atoms with Crippen LogP contribution in [0.3, 0.4) is 0 Å². The fraction of sp³-hybridized carbons (Fsp3) is 0.583. The first-order valence-electron chi connectivity index (χ1n) is 17.4. The number of ether oxygens (including phenoxy) is 2. The van der Waals surface area contributed by atoms with E-state index in [1.807, 2.05) is 39.0 Å². The summed E-state index contributed by atoms with van der Waals surface area (Å²) in [6, 6.07) is 5.25. The van der Waals surface area contributed by atoms with Crippen LogP contribution in [0.25, 0.3) is 10.8 Å². The first kappa shape index (κ1) is 35.6. The molecule has 3 N–H and O–H groups in total. The number of hydrogen-bond acceptors (Lipinski definition) is 9. The van der Waals surface area contributed by atoms with Crippen molar-refractivity contribution in [1.82, 2.24) is 25.2 Å². The third kappa shape index (κ3) is 7.17. The van der Waals surface area contributed by atoms with Gasteiger partial charge in [-0.25, -0.2) is 13.4 Å². The number of fused-ring (bicyclic) bond motifs is 1. The van der Waals surface area contributed by atoms with E-state index in [-0.39, 0.29) is 31.2 Å². The highest BCUT2D eigenvalue weighted by molar-refractivity contribution is 7.91. The molecule has 4 fully saturated rings. The zero-order valence-electron chi connectivity index (χ0n) is 29.1. The third-order valence-electron chi connectivity index (χ3n) is 10.4. The molecule has 0 bridgehead atoms. The van der Waals surface area contributed by atoms with Gasteiger partial charge in [-0.05, 0) is 67.2 Å². The standard InChI is InChI=1S/C36H47N5O8S/c1-6-23-19-36(23,34(45)40-50(46,47)26-12-13-26)39-31(43)28-18-25(49-32-27-14-11-24(48-5)17-22(27)15-16-37-32)20-41(28)33(44)29(35(2,3)4)38-30(42)21-9-7-8-10-21/h6,11,14-17,21,23,25-26,28-29H,1,7-10,12-13,18-20H2,2-5H3,(H,38,42)(H,39,43)(H,40,45). The monoisotopic (exact) mass is 709 g/mol. The molecule has 5 unspecified atom stereocenters. The fourth-order valence-corrected chi connectivity index (χ4v) is 8.53. The van der Waals surface area contributed by atoms with Crippen LogP contribution in [0.15, 0.2) is 43.1 Å². The van der Waals surface area contributed by atoms with Gasteiger partial charge in [0.25, 0.3) is 5.91 Å². The van der Waals surface area contributed by atoms with E-state index < -0.39 is 68.1 Å². The van der Waals surface area contributed by atoms with E-state index in [2.05, 4.69) is 26.9 Å². The second-order valence-electron chi connectivity index (χ2n) is 15.2. The number of hydrogen-bond donors (Lipinski definition) is 3. The van der Waals surface area contributed by atoms with Gasteiger partial charge in [0.05, 0.1) is 18.9 Å². The number of nitrogens with one attached hydrogen (secondary N) is 3. The number of benzene rings is 1. The van der Waals surface area contributed by atoms with E-state index in [0.717, 1.165) is 36.5 Å². The molecular formula is C36H47N5O8S. The summed E-state index contributed by atoms with van der Waals surface area (Å²) in [5.41, 5.74) is -2.23. The third-order valence-corrected chi connectivity index (χ3v) is 12.3. The maximum absolute atomic E-state index is 14.5. The summed E-state index contributed by atoms with van der Waals surface area (Å²) in [7, 11) is -2.30. The number of aromatic nitrogens is 1. The molecule has 1 aliphatic heterocycles. The van der Waals surface area contributed by atoms with Gasteiger partial charge in [0.2, 0.25) is 33.6 Å². The SMILES string of the molecule is C=CC1CC1(NC(=O)C1CC(Oc2nccc3cc(OC)ccc23)CN1C(=O)C(NC(=O)C1CCCC1)C(C)(C)C)C(=O)NS(=O)(=O)C1CC1. The van der Waals surface area contributed by atoms with E-state index in [0.29, 0.717) is 24.5 Å². The summed E-state index contributed by atoms with van der Waals surface area (Å²) in [5.74, 6) is -1.76. The lowest BCUT2D eigenvalue weighted by atomic mass is 9.85. The number of likely N-dealkylation sites (tertiary alicyclic amines) is 1. The normalized spacial score (nSPS) is 25.8. The lowest BCUT2D eigenvalue weighted by Gasteiger charge is -2.36. The Morgan fingerprint density at radius 1 is 1.08 bits per heavy atom.